The number of hydrogen-bond donors (Lipinski definition) is 1. The number of carbonyl (C=O) groups is 3. The molecule has 0 unspecified atom stereocenters. The summed E-state index contributed by atoms with van der Waals surface area (Å²) in [6.07, 6.45) is 0.0861. The molecule has 0 atom stereocenters. The summed E-state index contributed by atoms with van der Waals surface area (Å²) in [4.78, 5) is 39.5. The van der Waals surface area contributed by atoms with Crippen LogP contribution in [0.4, 0.5) is 9.80 Å². The molecule has 2 amide bonds. The van der Waals surface area contributed by atoms with Crippen LogP contribution in [0.25, 0.3) is 0 Å². The minimum absolute atomic E-state index is 0.295. The van der Waals surface area contributed by atoms with E-state index < -0.39 is 12.1 Å². The van der Waals surface area contributed by atoms with Crippen LogP contribution in [0, 0.1) is 0 Å². The van der Waals surface area contributed by atoms with Gasteiger partial charge < -0.3 is 24.4 Å². The Bertz CT molecular complexity index is 922. The second-order valence-corrected chi connectivity index (χ2v) is 7.36. The second kappa shape index (κ2) is 8.95. The van der Waals surface area contributed by atoms with Crippen LogP contribution in [-0.4, -0.2) is 50.2 Å². The SMILES string of the molecule is CCOC(=O)N1CCc2c(sc(NC(=O)c3ccc(OC)cc3)c2C(=O)OC)C1. The molecule has 0 fully saturated rings. The number of esters is 1. The molecule has 2 aromatic rings. The number of nitrogens with zero attached hydrogens (tertiary/aromatic N) is 1. The zero-order chi connectivity index (χ0) is 21.0. The van der Waals surface area contributed by atoms with Gasteiger partial charge in [-0.3, -0.25) is 4.79 Å². The van der Waals surface area contributed by atoms with E-state index >= 15 is 0 Å². The molecule has 29 heavy (non-hydrogen) atoms. The van der Waals surface area contributed by atoms with Crippen molar-refractivity contribution in [1.82, 2.24) is 4.90 Å². The normalized spacial score (nSPS) is 12.7. The summed E-state index contributed by atoms with van der Waals surface area (Å²) in [5.41, 5.74) is 1.58. The van der Waals surface area contributed by atoms with Crippen LogP contribution in [0.5, 0.6) is 5.75 Å². The highest BCUT2D eigenvalue weighted by molar-refractivity contribution is 7.17. The summed E-state index contributed by atoms with van der Waals surface area (Å²) >= 11 is 1.27. The summed E-state index contributed by atoms with van der Waals surface area (Å²) in [6.45, 7) is 2.80. The molecule has 0 radical (unpaired) electrons. The first-order valence-electron chi connectivity index (χ1n) is 9.08. The van der Waals surface area contributed by atoms with Crippen molar-refractivity contribution in [2.45, 2.75) is 19.9 Å². The Balaban J connectivity index is 1.87. The lowest BCUT2D eigenvalue weighted by Crippen LogP contribution is -2.36. The summed E-state index contributed by atoms with van der Waals surface area (Å²) in [5, 5.41) is 3.22. The first-order chi connectivity index (χ1) is 14.0. The largest absolute Gasteiger partial charge is 0.497 e. The molecule has 0 saturated heterocycles. The molecule has 9 heteroatoms. The number of carbonyl (C=O) groups excluding carboxylic acids is 3. The highest BCUT2D eigenvalue weighted by Gasteiger charge is 2.31. The molecule has 1 N–H and O–H groups in total. The van der Waals surface area contributed by atoms with Gasteiger partial charge >= 0.3 is 12.1 Å². The molecule has 154 valence electrons. The monoisotopic (exact) mass is 418 g/mol. The Morgan fingerprint density at radius 3 is 2.52 bits per heavy atom. The zero-order valence-corrected chi connectivity index (χ0v) is 17.3. The highest BCUT2D eigenvalue weighted by Crippen LogP contribution is 2.38. The van der Waals surface area contributed by atoms with E-state index in [0.717, 1.165) is 10.4 Å². The van der Waals surface area contributed by atoms with Gasteiger partial charge in [0.1, 0.15) is 10.8 Å². The number of methoxy groups -OCH3 is 2. The number of fused-ring (bicyclic) bond motifs is 1. The van der Waals surface area contributed by atoms with Gasteiger partial charge in [0, 0.05) is 17.0 Å². The summed E-state index contributed by atoms with van der Waals surface area (Å²) in [5.74, 6) is -0.224. The van der Waals surface area contributed by atoms with E-state index in [1.165, 1.54) is 18.4 Å². The maximum Gasteiger partial charge on any atom is 0.410 e. The fourth-order valence-corrected chi connectivity index (χ4v) is 4.34. The predicted octanol–water partition coefficient (Wildman–Crippen LogP) is 3.31. The van der Waals surface area contributed by atoms with Gasteiger partial charge in [-0.2, -0.15) is 0 Å². The number of benzene rings is 1. The Labute approximate surface area is 172 Å². The molecule has 2 heterocycles. The fraction of sp³-hybridized carbons (Fsp3) is 0.350. The van der Waals surface area contributed by atoms with Gasteiger partial charge in [-0.15, -0.1) is 11.3 Å². The van der Waals surface area contributed by atoms with Crippen LogP contribution in [0.2, 0.25) is 0 Å². The van der Waals surface area contributed by atoms with Gasteiger partial charge in [0.15, 0.2) is 0 Å². The summed E-state index contributed by atoms with van der Waals surface area (Å²) in [6, 6.07) is 6.66. The molecule has 8 nitrogen and oxygen atoms in total. The lowest BCUT2D eigenvalue weighted by Gasteiger charge is -2.26. The molecule has 0 saturated carbocycles. The quantitative estimate of drug-likeness (QED) is 0.749. The molecule has 0 spiro atoms. The van der Waals surface area contributed by atoms with Crippen LogP contribution in [0.1, 0.15) is 38.1 Å². The van der Waals surface area contributed by atoms with Crippen LogP contribution < -0.4 is 10.1 Å². The number of nitrogens with one attached hydrogen (secondary N) is 1. The molecule has 1 aromatic carbocycles. The fourth-order valence-electron chi connectivity index (χ4n) is 3.10. The van der Waals surface area contributed by atoms with Gasteiger partial charge in [-0.1, -0.05) is 0 Å². The molecule has 3 rings (SSSR count). The number of hydrogen-bond acceptors (Lipinski definition) is 7. The lowest BCUT2D eigenvalue weighted by molar-refractivity contribution is 0.0600. The maximum absolute atomic E-state index is 12.7. The van der Waals surface area contributed by atoms with Crippen LogP contribution in [0.3, 0.4) is 0 Å². The Morgan fingerprint density at radius 1 is 1.17 bits per heavy atom. The zero-order valence-electron chi connectivity index (χ0n) is 16.4. The number of thiophene rings is 1. The van der Waals surface area contributed by atoms with Crippen molar-refractivity contribution in [3.8, 4) is 5.75 Å². The third-order valence-corrected chi connectivity index (χ3v) is 5.68. The van der Waals surface area contributed by atoms with E-state index in [-0.39, 0.29) is 5.91 Å². The van der Waals surface area contributed by atoms with Crippen LogP contribution >= 0.6 is 11.3 Å². The lowest BCUT2D eigenvalue weighted by atomic mass is 10.0. The molecule has 0 aliphatic carbocycles. The van der Waals surface area contributed by atoms with E-state index in [4.69, 9.17) is 14.2 Å². The van der Waals surface area contributed by atoms with E-state index in [1.54, 1.807) is 43.2 Å². The van der Waals surface area contributed by atoms with Crippen molar-refractivity contribution in [3.05, 3.63) is 45.8 Å². The standard InChI is InChI=1S/C20H22N2O6S/c1-4-28-20(25)22-10-9-14-15(11-22)29-18(16(14)19(24)27-3)21-17(23)12-5-7-13(26-2)8-6-12/h5-8H,4,9-11H2,1-3H3,(H,21,23). The number of amides is 2. The smallest absolute Gasteiger partial charge is 0.410 e. The molecule has 1 aliphatic heterocycles. The Kier molecular flexibility index (Phi) is 6.38. The topological polar surface area (TPSA) is 94.2 Å². The van der Waals surface area contributed by atoms with Crippen molar-refractivity contribution >= 4 is 34.3 Å². The number of anilines is 1. The van der Waals surface area contributed by atoms with Crippen LogP contribution in [0.15, 0.2) is 24.3 Å². The van der Waals surface area contributed by atoms with Gasteiger partial charge in [0.2, 0.25) is 0 Å². The van der Waals surface area contributed by atoms with Crippen molar-refractivity contribution in [2.24, 2.45) is 0 Å². The molecule has 1 aromatic heterocycles. The van der Waals surface area contributed by atoms with E-state index in [1.807, 2.05) is 0 Å². The molecular formula is C20H22N2O6S. The number of ether oxygens (including phenoxy) is 3. The van der Waals surface area contributed by atoms with Gasteiger partial charge in [-0.05, 0) is 43.2 Å². The molecular weight excluding hydrogens is 396 g/mol. The Hall–Kier alpha value is -3.07. The third kappa shape index (κ3) is 4.34. The summed E-state index contributed by atoms with van der Waals surface area (Å²) in [7, 11) is 2.85. The van der Waals surface area contributed by atoms with Crippen molar-refractivity contribution in [1.29, 1.82) is 0 Å². The third-order valence-electron chi connectivity index (χ3n) is 4.55. The average Bonchev–Trinajstić information content (AvgIpc) is 3.10. The minimum Gasteiger partial charge on any atom is -0.497 e. The maximum atomic E-state index is 12.7. The van der Waals surface area contributed by atoms with Crippen LogP contribution in [-0.2, 0) is 22.4 Å². The second-order valence-electron chi connectivity index (χ2n) is 6.25. The Morgan fingerprint density at radius 2 is 1.90 bits per heavy atom. The van der Waals surface area contributed by atoms with Crippen molar-refractivity contribution < 1.29 is 28.6 Å². The predicted molar refractivity (Wildman–Crippen MR) is 108 cm³/mol. The van der Waals surface area contributed by atoms with Gasteiger partial charge in [0.25, 0.3) is 5.91 Å². The minimum atomic E-state index is -0.517. The average molecular weight is 418 g/mol. The summed E-state index contributed by atoms with van der Waals surface area (Å²) < 4.78 is 15.1. The van der Waals surface area contributed by atoms with E-state index in [0.29, 0.717) is 48.0 Å². The highest BCUT2D eigenvalue weighted by atomic mass is 32.1. The first kappa shape index (κ1) is 20.7. The van der Waals surface area contributed by atoms with E-state index in [9.17, 15) is 14.4 Å². The van der Waals surface area contributed by atoms with Crippen molar-refractivity contribution in [3.63, 3.8) is 0 Å². The first-order valence-corrected chi connectivity index (χ1v) is 9.90. The molecule has 0 bridgehead atoms. The van der Waals surface area contributed by atoms with Gasteiger partial charge in [-0.25, -0.2) is 9.59 Å². The van der Waals surface area contributed by atoms with Crippen molar-refractivity contribution in [2.75, 3.05) is 32.7 Å². The molecule has 1 aliphatic rings. The number of rotatable bonds is 5. The van der Waals surface area contributed by atoms with Gasteiger partial charge in [0.05, 0.1) is 32.9 Å². The van der Waals surface area contributed by atoms with E-state index in [2.05, 4.69) is 5.32 Å².